The van der Waals surface area contributed by atoms with Crippen LogP contribution >= 0.6 is 12.2 Å². The molecule has 1 fully saturated rings. The van der Waals surface area contributed by atoms with Crippen LogP contribution in [0.2, 0.25) is 0 Å². The summed E-state index contributed by atoms with van der Waals surface area (Å²) in [5.41, 5.74) is 1.30. The van der Waals surface area contributed by atoms with Crippen molar-refractivity contribution in [3.05, 3.63) is 65.7 Å². The molecule has 140 valence electrons. The molecule has 2 aromatic carbocycles. The second-order valence-corrected chi connectivity index (χ2v) is 8.44. The second kappa shape index (κ2) is 8.48. The molecule has 2 aromatic rings. The zero-order valence-corrected chi connectivity index (χ0v) is 16.3. The summed E-state index contributed by atoms with van der Waals surface area (Å²) in [4.78, 5) is 2.03. The Balaban J connectivity index is 1.60. The van der Waals surface area contributed by atoms with Gasteiger partial charge in [0.25, 0.3) is 0 Å². The van der Waals surface area contributed by atoms with Crippen LogP contribution in [0.5, 0.6) is 0 Å². The summed E-state index contributed by atoms with van der Waals surface area (Å²) in [6, 6.07) is 18.2. The normalized spacial score (nSPS) is 15.1. The lowest BCUT2D eigenvalue weighted by molar-refractivity contribution is 0.264. The van der Waals surface area contributed by atoms with Gasteiger partial charge >= 0.3 is 0 Å². The van der Waals surface area contributed by atoms with Crippen molar-refractivity contribution < 1.29 is 8.42 Å². The van der Waals surface area contributed by atoms with Crippen molar-refractivity contribution in [2.75, 3.05) is 26.2 Å². The highest BCUT2D eigenvalue weighted by Crippen LogP contribution is 2.21. The van der Waals surface area contributed by atoms with Gasteiger partial charge in [-0.25, -0.2) is 8.42 Å². The van der Waals surface area contributed by atoms with Gasteiger partial charge in [-0.1, -0.05) is 42.5 Å². The Morgan fingerprint density at radius 1 is 1.04 bits per heavy atom. The minimum absolute atomic E-state index is 0.0609. The molecule has 6 nitrogen and oxygen atoms in total. The number of nitrogens with zero attached hydrogens (tertiary/aromatic N) is 3. The molecule has 0 unspecified atom stereocenters. The molecule has 1 aliphatic rings. The predicted octanol–water partition coefficient (Wildman–Crippen LogP) is 1.94. The van der Waals surface area contributed by atoms with Crippen molar-refractivity contribution in [3.63, 3.8) is 0 Å². The Hall–Kier alpha value is -2.47. The quantitative estimate of drug-likeness (QED) is 0.791. The molecular formula is C19H20N4O2S2. The lowest BCUT2D eigenvalue weighted by Crippen LogP contribution is -2.52. The zero-order valence-electron chi connectivity index (χ0n) is 14.7. The van der Waals surface area contributed by atoms with E-state index in [0.29, 0.717) is 37.8 Å². The fraction of sp³-hybridized carbons (Fsp3) is 0.263. The van der Waals surface area contributed by atoms with Crippen LogP contribution in [0.1, 0.15) is 11.1 Å². The van der Waals surface area contributed by atoms with Crippen molar-refractivity contribution in [3.8, 4) is 6.07 Å². The molecular weight excluding hydrogens is 380 g/mol. The second-order valence-electron chi connectivity index (χ2n) is 6.14. The molecule has 0 atom stereocenters. The van der Waals surface area contributed by atoms with E-state index < -0.39 is 10.0 Å². The smallest absolute Gasteiger partial charge is 0.244 e. The molecule has 3 rings (SSSR count). The van der Waals surface area contributed by atoms with Crippen molar-refractivity contribution in [2.24, 2.45) is 0 Å². The monoisotopic (exact) mass is 400 g/mol. The van der Waals surface area contributed by atoms with Gasteiger partial charge in [0, 0.05) is 32.7 Å². The number of benzene rings is 2. The van der Waals surface area contributed by atoms with E-state index in [4.69, 9.17) is 12.2 Å². The first-order chi connectivity index (χ1) is 13.0. The lowest BCUT2D eigenvalue weighted by atomic mass is 10.2. The molecule has 0 saturated carbocycles. The summed E-state index contributed by atoms with van der Waals surface area (Å²) in [5, 5.41) is 13.0. The van der Waals surface area contributed by atoms with Gasteiger partial charge in [-0.3, -0.25) is 0 Å². The third kappa shape index (κ3) is 4.45. The average molecular weight is 401 g/mol. The Labute approximate surface area is 165 Å². The van der Waals surface area contributed by atoms with Crippen LogP contribution in [0.15, 0.2) is 59.5 Å². The highest BCUT2D eigenvalue weighted by atomic mass is 32.2. The number of nitrogens with one attached hydrogen (secondary N) is 1. The molecule has 0 bridgehead atoms. The molecule has 1 saturated heterocycles. The fourth-order valence-corrected chi connectivity index (χ4v) is 4.76. The van der Waals surface area contributed by atoms with E-state index in [1.54, 1.807) is 12.1 Å². The first-order valence-electron chi connectivity index (χ1n) is 8.58. The summed E-state index contributed by atoms with van der Waals surface area (Å²) in [6.45, 7) is 2.31. The number of sulfonamides is 1. The molecule has 27 heavy (non-hydrogen) atoms. The molecule has 1 heterocycles. The molecule has 0 spiro atoms. The number of thiocarbonyl (C=S) groups is 1. The van der Waals surface area contributed by atoms with Crippen molar-refractivity contribution in [1.29, 1.82) is 5.26 Å². The van der Waals surface area contributed by atoms with Crippen molar-refractivity contribution in [2.45, 2.75) is 11.4 Å². The SMILES string of the molecule is N#Cc1ccccc1S(=O)(=O)N1CCN(C(=S)NCc2ccccc2)CC1. The van der Waals surface area contributed by atoms with E-state index in [0.717, 1.165) is 5.56 Å². The largest absolute Gasteiger partial charge is 0.358 e. The fourth-order valence-electron chi connectivity index (χ4n) is 2.94. The highest BCUT2D eigenvalue weighted by Gasteiger charge is 2.30. The first kappa shape index (κ1) is 19.3. The van der Waals surface area contributed by atoms with E-state index >= 15 is 0 Å². The summed E-state index contributed by atoms with van der Waals surface area (Å²) >= 11 is 5.44. The maximum Gasteiger partial charge on any atom is 0.244 e. The Morgan fingerprint density at radius 2 is 1.67 bits per heavy atom. The van der Waals surface area contributed by atoms with Gasteiger partial charge in [-0.05, 0) is 29.9 Å². The minimum atomic E-state index is -3.69. The van der Waals surface area contributed by atoms with Crippen LogP contribution in [0.4, 0.5) is 0 Å². The van der Waals surface area contributed by atoms with Crippen LogP contribution in [0, 0.1) is 11.3 Å². The van der Waals surface area contributed by atoms with Gasteiger partial charge < -0.3 is 10.2 Å². The molecule has 1 N–H and O–H groups in total. The highest BCUT2D eigenvalue weighted by molar-refractivity contribution is 7.89. The van der Waals surface area contributed by atoms with Gasteiger partial charge in [0.15, 0.2) is 5.11 Å². The van der Waals surface area contributed by atoms with E-state index in [1.807, 2.05) is 41.3 Å². The molecule has 0 aromatic heterocycles. The predicted molar refractivity (Wildman–Crippen MR) is 107 cm³/mol. The van der Waals surface area contributed by atoms with Gasteiger partial charge in [0.1, 0.15) is 6.07 Å². The topological polar surface area (TPSA) is 76.4 Å². The van der Waals surface area contributed by atoms with Crippen LogP contribution in [0.3, 0.4) is 0 Å². The van der Waals surface area contributed by atoms with Crippen LogP contribution in [-0.2, 0) is 16.6 Å². The maximum absolute atomic E-state index is 12.9. The van der Waals surface area contributed by atoms with Gasteiger partial charge in [0.2, 0.25) is 10.0 Å². The average Bonchev–Trinajstić information content (AvgIpc) is 2.72. The third-order valence-corrected chi connectivity index (χ3v) is 6.80. The van der Waals surface area contributed by atoms with E-state index in [1.165, 1.54) is 16.4 Å². The molecule has 0 amide bonds. The van der Waals surface area contributed by atoms with Crippen LogP contribution in [0.25, 0.3) is 0 Å². The number of hydrogen-bond acceptors (Lipinski definition) is 4. The van der Waals surface area contributed by atoms with Gasteiger partial charge in [-0.2, -0.15) is 9.57 Å². The summed E-state index contributed by atoms with van der Waals surface area (Å²) < 4.78 is 27.1. The number of nitriles is 1. The Bertz CT molecular complexity index is 947. The standard InChI is InChI=1S/C19H20N4O2S2/c20-14-17-8-4-5-9-18(17)27(24,25)23-12-10-22(11-13-23)19(26)21-15-16-6-2-1-3-7-16/h1-9H,10-13,15H2,(H,21,26). The van der Waals surface area contributed by atoms with E-state index in [-0.39, 0.29) is 10.5 Å². The van der Waals surface area contributed by atoms with Crippen molar-refractivity contribution in [1.82, 2.24) is 14.5 Å². The number of rotatable bonds is 4. The minimum Gasteiger partial charge on any atom is -0.358 e. The van der Waals surface area contributed by atoms with E-state index in [9.17, 15) is 13.7 Å². The number of hydrogen-bond donors (Lipinski definition) is 1. The first-order valence-corrected chi connectivity index (χ1v) is 10.4. The third-order valence-electron chi connectivity index (χ3n) is 4.44. The Kier molecular flexibility index (Phi) is 6.06. The van der Waals surface area contributed by atoms with E-state index in [2.05, 4.69) is 5.32 Å². The van der Waals surface area contributed by atoms with Gasteiger partial charge in [-0.15, -0.1) is 0 Å². The lowest BCUT2D eigenvalue weighted by Gasteiger charge is -2.35. The van der Waals surface area contributed by atoms with Crippen LogP contribution < -0.4 is 5.32 Å². The zero-order chi connectivity index (χ0) is 19.3. The summed E-state index contributed by atoms with van der Waals surface area (Å²) in [6.07, 6.45) is 0. The number of piperazine rings is 1. The summed E-state index contributed by atoms with van der Waals surface area (Å²) in [5.74, 6) is 0. The van der Waals surface area contributed by atoms with Gasteiger partial charge in [0.05, 0.1) is 10.5 Å². The molecule has 8 heteroatoms. The molecule has 0 aliphatic carbocycles. The molecule has 0 radical (unpaired) electrons. The summed E-state index contributed by atoms with van der Waals surface area (Å²) in [7, 11) is -3.69. The Morgan fingerprint density at radius 3 is 2.33 bits per heavy atom. The molecule has 1 aliphatic heterocycles. The maximum atomic E-state index is 12.9. The van der Waals surface area contributed by atoms with Crippen LogP contribution in [-0.4, -0.2) is 48.9 Å². The van der Waals surface area contributed by atoms with Crippen molar-refractivity contribution >= 4 is 27.4 Å².